The molecule has 1 aromatic rings. The monoisotopic (exact) mass is 265 g/mol. The maximum atomic E-state index is 8.85. The van der Waals surface area contributed by atoms with E-state index in [2.05, 4.69) is 5.16 Å². The van der Waals surface area contributed by atoms with Gasteiger partial charge in [-0.2, -0.15) is 0 Å². The highest BCUT2D eigenvalue weighted by Gasteiger charge is 2.15. The van der Waals surface area contributed by atoms with Gasteiger partial charge in [0.05, 0.1) is 17.9 Å². The topological polar surface area (TPSA) is 51.1 Å². The molecule has 0 atom stereocenters. The van der Waals surface area contributed by atoms with Gasteiger partial charge in [-0.25, -0.2) is 0 Å². The first-order valence-electron chi connectivity index (χ1n) is 6.51. The lowest BCUT2D eigenvalue weighted by Gasteiger charge is -2.22. The lowest BCUT2D eigenvalue weighted by Crippen LogP contribution is -2.25. The zero-order valence-electron chi connectivity index (χ0n) is 12.1. The van der Waals surface area contributed by atoms with Crippen LogP contribution in [0.3, 0.4) is 0 Å². The Morgan fingerprint density at radius 1 is 1.26 bits per heavy atom. The van der Waals surface area contributed by atoms with Crippen LogP contribution in [-0.4, -0.2) is 30.2 Å². The summed E-state index contributed by atoms with van der Waals surface area (Å²) in [6.07, 6.45) is 1.52. The second kappa shape index (κ2) is 7.14. The van der Waals surface area contributed by atoms with Crippen LogP contribution >= 0.6 is 0 Å². The largest absolute Gasteiger partial charge is 0.493 e. The fourth-order valence-corrected chi connectivity index (χ4v) is 1.59. The van der Waals surface area contributed by atoms with Crippen molar-refractivity contribution in [3.05, 3.63) is 29.8 Å². The Labute approximate surface area is 115 Å². The van der Waals surface area contributed by atoms with E-state index in [4.69, 9.17) is 14.7 Å². The summed E-state index contributed by atoms with van der Waals surface area (Å²) in [5.41, 5.74) is 1.42. The number of ether oxygens (including phenoxy) is 2. The van der Waals surface area contributed by atoms with Gasteiger partial charge in [0.15, 0.2) is 0 Å². The SMILES string of the molecule is CC/C(=N/O)c1ccc(OCCC(C)(C)OC)cc1. The summed E-state index contributed by atoms with van der Waals surface area (Å²) < 4.78 is 11.0. The minimum absolute atomic E-state index is 0.168. The van der Waals surface area contributed by atoms with Gasteiger partial charge >= 0.3 is 0 Å². The molecule has 0 unspecified atom stereocenters. The average Bonchev–Trinajstić information content (AvgIpc) is 2.42. The van der Waals surface area contributed by atoms with Crippen LogP contribution in [0.2, 0.25) is 0 Å². The van der Waals surface area contributed by atoms with Gasteiger partial charge in [0.2, 0.25) is 0 Å². The van der Waals surface area contributed by atoms with E-state index >= 15 is 0 Å². The number of methoxy groups -OCH3 is 1. The Bertz CT molecular complexity index is 410. The third-order valence-corrected chi connectivity index (χ3v) is 3.17. The van der Waals surface area contributed by atoms with E-state index in [1.54, 1.807) is 7.11 Å². The van der Waals surface area contributed by atoms with Crippen molar-refractivity contribution in [2.75, 3.05) is 13.7 Å². The molecule has 0 aromatic heterocycles. The standard InChI is InChI=1S/C15H23NO3/c1-5-14(16-17)12-6-8-13(9-7-12)19-11-10-15(2,3)18-4/h6-9,17H,5,10-11H2,1-4H3/b16-14-. The summed E-state index contributed by atoms with van der Waals surface area (Å²) in [4.78, 5) is 0. The molecule has 0 aliphatic heterocycles. The van der Waals surface area contributed by atoms with E-state index in [1.165, 1.54) is 0 Å². The van der Waals surface area contributed by atoms with Gasteiger partial charge in [0.1, 0.15) is 5.75 Å². The molecule has 0 spiro atoms. The van der Waals surface area contributed by atoms with Crippen molar-refractivity contribution < 1.29 is 14.7 Å². The first kappa shape index (κ1) is 15.5. The van der Waals surface area contributed by atoms with Crippen molar-refractivity contribution >= 4 is 5.71 Å². The van der Waals surface area contributed by atoms with Gasteiger partial charge in [-0.15, -0.1) is 0 Å². The molecule has 1 aromatic carbocycles. The number of oxime groups is 1. The molecular formula is C15H23NO3. The summed E-state index contributed by atoms with van der Waals surface area (Å²) in [6.45, 7) is 6.62. The highest BCUT2D eigenvalue weighted by atomic mass is 16.5. The summed E-state index contributed by atoms with van der Waals surface area (Å²) in [5.74, 6) is 0.809. The van der Waals surface area contributed by atoms with Gasteiger partial charge in [0, 0.05) is 13.5 Å². The van der Waals surface area contributed by atoms with E-state index in [-0.39, 0.29) is 5.60 Å². The van der Waals surface area contributed by atoms with Gasteiger partial charge in [-0.3, -0.25) is 0 Å². The first-order chi connectivity index (χ1) is 9.02. The highest BCUT2D eigenvalue weighted by molar-refractivity contribution is 6.00. The zero-order valence-corrected chi connectivity index (χ0v) is 12.1. The van der Waals surface area contributed by atoms with Crippen LogP contribution in [0.15, 0.2) is 29.4 Å². The fraction of sp³-hybridized carbons (Fsp3) is 0.533. The van der Waals surface area contributed by atoms with Crippen LogP contribution in [0.4, 0.5) is 0 Å². The summed E-state index contributed by atoms with van der Waals surface area (Å²) in [5, 5.41) is 12.1. The normalized spacial score (nSPS) is 12.5. The molecule has 4 heteroatoms. The van der Waals surface area contributed by atoms with Crippen LogP contribution in [0.1, 0.15) is 39.2 Å². The lowest BCUT2D eigenvalue weighted by molar-refractivity contribution is 0.00546. The van der Waals surface area contributed by atoms with E-state index in [0.29, 0.717) is 18.7 Å². The van der Waals surface area contributed by atoms with Crippen LogP contribution in [-0.2, 0) is 4.74 Å². The van der Waals surface area contributed by atoms with Crippen LogP contribution < -0.4 is 4.74 Å². The predicted octanol–water partition coefficient (Wildman–Crippen LogP) is 3.47. The number of benzene rings is 1. The Kier molecular flexibility index (Phi) is 5.83. The van der Waals surface area contributed by atoms with Gasteiger partial charge in [0.25, 0.3) is 0 Å². The van der Waals surface area contributed by atoms with E-state index < -0.39 is 0 Å². The maximum Gasteiger partial charge on any atom is 0.119 e. The molecule has 0 amide bonds. The third-order valence-electron chi connectivity index (χ3n) is 3.17. The lowest BCUT2D eigenvalue weighted by atomic mass is 10.1. The second-order valence-electron chi connectivity index (χ2n) is 4.99. The molecular weight excluding hydrogens is 242 g/mol. The van der Waals surface area contributed by atoms with Crippen molar-refractivity contribution in [2.45, 2.75) is 39.2 Å². The van der Waals surface area contributed by atoms with Crippen molar-refractivity contribution in [1.82, 2.24) is 0 Å². The number of hydrogen-bond donors (Lipinski definition) is 1. The molecule has 0 fully saturated rings. The first-order valence-corrected chi connectivity index (χ1v) is 6.51. The highest BCUT2D eigenvalue weighted by Crippen LogP contribution is 2.17. The molecule has 19 heavy (non-hydrogen) atoms. The number of nitrogens with zero attached hydrogens (tertiary/aromatic N) is 1. The third kappa shape index (κ3) is 4.91. The average molecular weight is 265 g/mol. The summed E-state index contributed by atoms with van der Waals surface area (Å²) >= 11 is 0. The molecule has 1 rings (SSSR count). The summed E-state index contributed by atoms with van der Waals surface area (Å²) in [6, 6.07) is 7.57. The van der Waals surface area contributed by atoms with Crippen molar-refractivity contribution in [1.29, 1.82) is 0 Å². The molecule has 4 nitrogen and oxygen atoms in total. The Hall–Kier alpha value is -1.55. The molecule has 106 valence electrons. The fourth-order valence-electron chi connectivity index (χ4n) is 1.59. The van der Waals surface area contributed by atoms with E-state index in [9.17, 15) is 0 Å². The molecule has 0 bridgehead atoms. The Morgan fingerprint density at radius 3 is 2.37 bits per heavy atom. The second-order valence-corrected chi connectivity index (χ2v) is 4.99. The molecule has 0 aliphatic rings. The van der Waals surface area contributed by atoms with E-state index in [1.807, 2.05) is 45.0 Å². The molecule has 0 saturated carbocycles. The molecule has 0 saturated heterocycles. The summed E-state index contributed by atoms with van der Waals surface area (Å²) in [7, 11) is 1.70. The van der Waals surface area contributed by atoms with Crippen molar-refractivity contribution in [2.24, 2.45) is 5.16 Å². The van der Waals surface area contributed by atoms with Crippen LogP contribution in [0.25, 0.3) is 0 Å². The number of rotatable bonds is 7. The number of hydrogen-bond acceptors (Lipinski definition) is 4. The molecule has 0 aliphatic carbocycles. The smallest absolute Gasteiger partial charge is 0.119 e. The minimum atomic E-state index is -0.168. The van der Waals surface area contributed by atoms with Crippen LogP contribution in [0, 0.1) is 0 Å². The van der Waals surface area contributed by atoms with Crippen LogP contribution in [0.5, 0.6) is 5.75 Å². The van der Waals surface area contributed by atoms with Crippen molar-refractivity contribution in [3.8, 4) is 5.75 Å². The van der Waals surface area contributed by atoms with Gasteiger partial charge in [-0.05, 0) is 50.1 Å². The Morgan fingerprint density at radius 2 is 1.89 bits per heavy atom. The van der Waals surface area contributed by atoms with Crippen molar-refractivity contribution in [3.63, 3.8) is 0 Å². The van der Waals surface area contributed by atoms with Gasteiger partial charge < -0.3 is 14.7 Å². The quantitative estimate of drug-likeness (QED) is 0.466. The predicted molar refractivity (Wildman–Crippen MR) is 76.3 cm³/mol. The maximum absolute atomic E-state index is 8.85. The zero-order chi connectivity index (χ0) is 14.3. The Balaban J connectivity index is 2.54. The molecule has 1 N–H and O–H groups in total. The van der Waals surface area contributed by atoms with E-state index in [0.717, 1.165) is 17.7 Å². The minimum Gasteiger partial charge on any atom is -0.493 e. The van der Waals surface area contributed by atoms with Gasteiger partial charge in [-0.1, -0.05) is 12.1 Å². The molecule has 0 heterocycles. The molecule has 0 radical (unpaired) electrons.